The van der Waals surface area contributed by atoms with Gasteiger partial charge in [-0.15, -0.1) is 10.2 Å². The molecule has 5 nitrogen and oxygen atoms in total. The van der Waals surface area contributed by atoms with Gasteiger partial charge in [-0.1, -0.05) is 39.4 Å². The summed E-state index contributed by atoms with van der Waals surface area (Å²) in [6.45, 7) is 4.93. The Hall–Kier alpha value is -1.28. The topological polar surface area (TPSA) is 43.9 Å². The summed E-state index contributed by atoms with van der Waals surface area (Å²) in [5, 5.41) is 8.65. The van der Waals surface area contributed by atoms with Gasteiger partial charge in [-0.2, -0.15) is 0 Å². The van der Waals surface area contributed by atoms with E-state index in [1.807, 2.05) is 12.1 Å². The molecule has 1 fully saturated rings. The number of aromatic nitrogens is 3. The molecule has 22 heavy (non-hydrogen) atoms. The van der Waals surface area contributed by atoms with Gasteiger partial charge in [0.2, 0.25) is 4.96 Å². The molecule has 7 heteroatoms. The minimum Gasteiger partial charge on any atom is -0.370 e. The SMILES string of the molecule is Brc1cccc(-c2nnc3sc(C[NH+]4CCOCC4)cn23)c1. The van der Waals surface area contributed by atoms with Gasteiger partial charge in [0, 0.05) is 16.2 Å². The Balaban J connectivity index is 1.64. The molecule has 0 amide bonds. The third-order valence-corrected chi connectivity index (χ3v) is 5.33. The van der Waals surface area contributed by atoms with E-state index >= 15 is 0 Å². The van der Waals surface area contributed by atoms with Crippen molar-refractivity contribution in [2.45, 2.75) is 6.54 Å². The van der Waals surface area contributed by atoms with Crippen LogP contribution in [-0.4, -0.2) is 40.9 Å². The lowest BCUT2D eigenvalue weighted by Crippen LogP contribution is -3.12. The van der Waals surface area contributed by atoms with Crippen LogP contribution in [0, 0.1) is 0 Å². The zero-order chi connectivity index (χ0) is 14.9. The molecule has 0 unspecified atom stereocenters. The van der Waals surface area contributed by atoms with Gasteiger partial charge in [-0.3, -0.25) is 4.40 Å². The quantitative estimate of drug-likeness (QED) is 0.752. The molecule has 0 saturated carbocycles. The highest BCUT2D eigenvalue weighted by atomic mass is 79.9. The predicted molar refractivity (Wildman–Crippen MR) is 89.2 cm³/mol. The lowest BCUT2D eigenvalue weighted by atomic mass is 10.2. The van der Waals surface area contributed by atoms with Crippen LogP contribution in [0.3, 0.4) is 0 Å². The molecule has 3 heterocycles. The molecule has 0 spiro atoms. The summed E-state index contributed by atoms with van der Waals surface area (Å²) >= 11 is 5.24. The number of thiazole rings is 1. The zero-order valence-corrected chi connectivity index (χ0v) is 14.4. The van der Waals surface area contributed by atoms with E-state index in [0.29, 0.717) is 0 Å². The number of halogens is 1. The van der Waals surface area contributed by atoms with Crippen molar-refractivity contribution in [3.8, 4) is 11.4 Å². The molecular weight excluding hydrogens is 364 g/mol. The Kier molecular flexibility index (Phi) is 3.96. The van der Waals surface area contributed by atoms with Crippen molar-refractivity contribution >= 4 is 32.2 Å². The highest BCUT2D eigenvalue weighted by Gasteiger charge is 2.18. The molecule has 1 saturated heterocycles. The fourth-order valence-electron chi connectivity index (χ4n) is 2.74. The Labute approximate surface area is 140 Å². The molecule has 1 aliphatic rings. The molecule has 4 rings (SSSR count). The van der Waals surface area contributed by atoms with E-state index in [0.717, 1.165) is 53.7 Å². The second-order valence-electron chi connectivity index (χ2n) is 5.42. The number of ether oxygens (including phenoxy) is 1. The Morgan fingerprint density at radius 1 is 1.27 bits per heavy atom. The zero-order valence-electron chi connectivity index (χ0n) is 12.0. The van der Waals surface area contributed by atoms with Gasteiger partial charge in [0.1, 0.15) is 19.6 Å². The van der Waals surface area contributed by atoms with E-state index in [1.165, 1.54) is 4.88 Å². The summed E-state index contributed by atoms with van der Waals surface area (Å²) < 4.78 is 8.57. The lowest BCUT2D eigenvalue weighted by Gasteiger charge is -2.22. The van der Waals surface area contributed by atoms with E-state index in [-0.39, 0.29) is 0 Å². The Morgan fingerprint density at radius 2 is 2.14 bits per heavy atom. The van der Waals surface area contributed by atoms with Crippen LogP contribution in [0.15, 0.2) is 34.9 Å². The van der Waals surface area contributed by atoms with Gasteiger partial charge in [0.15, 0.2) is 5.82 Å². The number of morpholine rings is 1. The van der Waals surface area contributed by atoms with E-state index in [1.54, 1.807) is 16.2 Å². The monoisotopic (exact) mass is 379 g/mol. The predicted octanol–water partition coefficient (Wildman–Crippen LogP) is 1.64. The first-order chi connectivity index (χ1) is 10.8. The molecule has 3 aromatic rings. The summed E-state index contributed by atoms with van der Waals surface area (Å²) in [6, 6.07) is 8.17. The number of nitrogens with zero attached hydrogens (tertiary/aromatic N) is 3. The maximum atomic E-state index is 5.42. The molecule has 0 radical (unpaired) electrons. The van der Waals surface area contributed by atoms with Gasteiger partial charge >= 0.3 is 0 Å². The maximum Gasteiger partial charge on any atom is 0.216 e. The first-order valence-corrected chi connectivity index (χ1v) is 8.91. The number of rotatable bonds is 3. The standard InChI is InChI=1S/C15H15BrN4OS/c16-12-3-1-2-11(8-12)14-17-18-15-20(14)10-13(22-15)9-19-4-6-21-7-5-19/h1-3,8,10H,4-7,9H2/p+1. The summed E-state index contributed by atoms with van der Waals surface area (Å²) in [6.07, 6.45) is 2.18. The van der Waals surface area contributed by atoms with Crippen molar-refractivity contribution in [2.75, 3.05) is 26.3 Å². The fraction of sp³-hybridized carbons (Fsp3) is 0.333. The van der Waals surface area contributed by atoms with E-state index in [4.69, 9.17) is 4.74 Å². The van der Waals surface area contributed by atoms with Crippen molar-refractivity contribution < 1.29 is 9.64 Å². The van der Waals surface area contributed by atoms with Crippen LogP contribution in [0.4, 0.5) is 0 Å². The number of quaternary nitrogens is 1. The van der Waals surface area contributed by atoms with Crippen LogP contribution in [0.1, 0.15) is 4.88 Å². The van der Waals surface area contributed by atoms with E-state index in [2.05, 4.69) is 48.9 Å². The van der Waals surface area contributed by atoms with Crippen LogP contribution >= 0.6 is 27.3 Å². The highest BCUT2D eigenvalue weighted by Crippen LogP contribution is 2.25. The summed E-state index contributed by atoms with van der Waals surface area (Å²) in [5.74, 6) is 0.899. The highest BCUT2D eigenvalue weighted by molar-refractivity contribution is 9.10. The number of fused-ring (bicyclic) bond motifs is 1. The molecular formula is C15H16BrN4OS+. The Morgan fingerprint density at radius 3 is 2.95 bits per heavy atom. The van der Waals surface area contributed by atoms with Crippen molar-refractivity contribution in [3.63, 3.8) is 0 Å². The molecule has 1 aromatic carbocycles. The van der Waals surface area contributed by atoms with Gasteiger partial charge in [0.25, 0.3) is 0 Å². The minimum absolute atomic E-state index is 0.864. The lowest BCUT2D eigenvalue weighted by molar-refractivity contribution is -0.921. The summed E-state index contributed by atoms with van der Waals surface area (Å²) in [7, 11) is 0. The van der Waals surface area contributed by atoms with Crippen molar-refractivity contribution in [1.82, 2.24) is 14.6 Å². The average Bonchev–Trinajstić information content (AvgIpc) is 3.08. The Bertz CT molecular complexity index is 794. The second kappa shape index (κ2) is 6.08. The molecule has 0 atom stereocenters. The first kappa shape index (κ1) is 14.3. The van der Waals surface area contributed by atoms with Gasteiger partial charge < -0.3 is 9.64 Å². The molecule has 0 aliphatic carbocycles. The van der Waals surface area contributed by atoms with Crippen molar-refractivity contribution in [1.29, 1.82) is 0 Å². The maximum absolute atomic E-state index is 5.42. The van der Waals surface area contributed by atoms with E-state index in [9.17, 15) is 0 Å². The minimum atomic E-state index is 0.864. The number of nitrogens with one attached hydrogen (secondary N) is 1. The summed E-state index contributed by atoms with van der Waals surface area (Å²) in [5.41, 5.74) is 1.07. The third kappa shape index (κ3) is 2.81. The third-order valence-electron chi connectivity index (χ3n) is 3.87. The summed E-state index contributed by atoms with van der Waals surface area (Å²) in [4.78, 5) is 3.88. The molecule has 1 N–H and O–H groups in total. The van der Waals surface area contributed by atoms with Crippen LogP contribution in [0.2, 0.25) is 0 Å². The second-order valence-corrected chi connectivity index (χ2v) is 7.43. The van der Waals surface area contributed by atoms with E-state index < -0.39 is 0 Å². The molecule has 1 aliphatic heterocycles. The number of hydrogen-bond acceptors (Lipinski definition) is 4. The van der Waals surface area contributed by atoms with Crippen LogP contribution in [0.5, 0.6) is 0 Å². The van der Waals surface area contributed by atoms with Crippen LogP contribution in [0.25, 0.3) is 16.3 Å². The number of hydrogen-bond donors (Lipinski definition) is 1. The first-order valence-electron chi connectivity index (χ1n) is 7.30. The van der Waals surface area contributed by atoms with Crippen LogP contribution in [-0.2, 0) is 11.3 Å². The van der Waals surface area contributed by atoms with Crippen LogP contribution < -0.4 is 4.90 Å². The molecule has 114 valence electrons. The van der Waals surface area contributed by atoms with Crippen molar-refractivity contribution in [3.05, 3.63) is 39.8 Å². The largest absolute Gasteiger partial charge is 0.370 e. The van der Waals surface area contributed by atoms with Gasteiger partial charge in [-0.25, -0.2) is 0 Å². The molecule has 2 aromatic heterocycles. The van der Waals surface area contributed by atoms with Gasteiger partial charge in [-0.05, 0) is 12.1 Å². The molecule has 0 bridgehead atoms. The van der Waals surface area contributed by atoms with Crippen molar-refractivity contribution in [2.24, 2.45) is 0 Å². The smallest absolute Gasteiger partial charge is 0.216 e. The fourth-order valence-corrected chi connectivity index (χ4v) is 4.13. The van der Waals surface area contributed by atoms with Gasteiger partial charge in [0.05, 0.1) is 18.1 Å². The normalized spacial score (nSPS) is 16.4. The average molecular weight is 380 g/mol. The number of benzene rings is 1.